The van der Waals surface area contributed by atoms with Crippen molar-refractivity contribution in [1.82, 2.24) is 4.90 Å². The molecule has 1 aliphatic heterocycles. The van der Waals surface area contributed by atoms with Gasteiger partial charge in [0.15, 0.2) is 6.23 Å². The molecule has 1 saturated heterocycles. The van der Waals surface area contributed by atoms with Crippen LogP contribution >= 0.6 is 11.8 Å². The molecule has 0 radical (unpaired) electrons. The molecule has 5 heteroatoms. The largest absolute Gasteiger partial charge is 0.439 e. The topological polar surface area (TPSA) is 46.6 Å². The standard InChI is InChI=1S/C17H23NO3S/c1-17(2,3)16-18(13(10-11-22-4)15(20)21-16)14(19)12-8-6-5-7-9-12/h5-9,13,16H,10-11H2,1-4H3/t13-,16-/m1/s1. The molecule has 120 valence electrons. The molecule has 0 unspecified atom stereocenters. The van der Waals surface area contributed by atoms with Crippen molar-refractivity contribution in [2.45, 2.75) is 39.5 Å². The van der Waals surface area contributed by atoms with Gasteiger partial charge in [0.2, 0.25) is 0 Å². The minimum Gasteiger partial charge on any atom is -0.439 e. The number of carbonyl (C=O) groups excluding carboxylic acids is 2. The predicted octanol–water partition coefficient (Wildman–Crippen LogP) is 3.18. The number of nitrogens with zero attached hydrogens (tertiary/aromatic N) is 1. The molecule has 1 amide bonds. The summed E-state index contributed by atoms with van der Waals surface area (Å²) >= 11 is 1.66. The summed E-state index contributed by atoms with van der Waals surface area (Å²) in [6, 6.07) is 8.58. The normalized spacial score (nSPS) is 21.8. The Labute approximate surface area is 136 Å². The number of hydrogen-bond donors (Lipinski definition) is 0. The molecule has 0 aliphatic carbocycles. The van der Waals surface area contributed by atoms with Gasteiger partial charge in [-0.25, -0.2) is 4.79 Å². The number of benzene rings is 1. The lowest BCUT2D eigenvalue weighted by atomic mass is 9.92. The lowest BCUT2D eigenvalue weighted by molar-refractivity contribution is -0.147. The fraction of sp³-hybridized carbons (Fsp3) is 0.529. The molecule has 2 rings (SSSR count). The van der Waals surface area contributed by atoms with E-state index < -0.39 is 12.3 Å². The van der Waals surface area contributed by atoms with Crippen molar-refractivity contribution < 1.29 is 14.3 Å². The van der Waals surface area contributed by atoms with Crippen molar-refractivity contribution in [3.8, 4) is 0 Å². The molecular formula is C17H23NO3S. The van der Waals surface area contributed by atoms with Crippen LogP contribution in [-0.2, 0) is 9.53 Å². The first-order chi connectivity index (χ1) is 10.4. The number of carbonyl (C=O) groups is 2. The van der Waals surface area contributed by atoms with E-state index in [0.717, 1.165) is 5.75 Å². The molecule has 1 aliphatic rings. The fourth-order valence-electron chi connectivity index (χ4n) is 2.58. The van der Waals surface area contributed by atoms with E-state index in [2.05, 4.69) is 0 Å². The van der Waals surface area contributed by atoms with Crippen LogP contribution in [0.25, 0.3) is 0 Å². The highest BCUT2D eigenvalue weighted by molar-refractivity contribution is 7.98. The van der Waals surface area contributed by atoms with E-state index in [1.807, 2.05) is 45.2 Å². The first kappa shape index (κ1) is 16.9. The molecule has 1 aromatic carbocycles. The van der Waals surface area contributed by atoms with Gasteiger partial charge in [-0.15, -0.1) is 0 Å². The third-order valence-corrected chi connectivity index (χ3v) is 4.32. The van der Waals surface area contributed by atoms with E-state index in [9.17, 15) is 9.59 Å². The minimum atomic E-state index is -0.528. The summed E-state index contributed by atoms with van der Waals surface area (Å²) in [5, 5.41) is 0. The van der Waals surface area contributed by atoms with Gasteiger partial charge in [-0.2, -0.15) is 11.8 Å². The first-order valence-corrected chi connectivity index (χ1v) is 8.83. The summed E-state index contributed by atoms with van der Waals surface area (Å²) in [5.41, 5.74) is 0.262. The Morgan fingerprint density at radius 1 is 1.27 bits per heavy atom. The SMILES string of the molecule is CSCC[C@@H]1C(=O)O[C@H](C(C)(C)C)N1C(=O)c1ccccc1. The van der Waals surface area contributed by atoms with Crippen LogP contribution in [0.5, 0.6) is 0 Å². The molecule has 2 atom stereocenters. The Kier molecular flexibility index (Phi) is 5.16. The monoisotopic (exact) mass is 321 g/mol. The number of rotatable bonds is 4. The minimum absolute atomic E-state index is 0.141. The van der Waals surface area contributed by atoms with Crippen molar-refractivity contribution in [2.24, 2.45) is 5.41 Å². The molecule has 0 saturated carbocycles. The fourth-order valence-corrected chi connectivity index (χ4v) is 3.04. The Morgan fingerprint density at radius 3 is 2.45 bits per heavy atom. The Bertz CT molecular complexity index is 539. The number of esters is 1. The quantitative estimate of drug-likeness (QED) is 0.799. The van der Waals surface area contributed by atoms with E-state index >= 15 is 0 Å². The summed E-state index contributed by atoms with van der Waals surface area (Å²) in [6.45, 7) is 5.94. The molecule has 1 heterocycles. The van der Waals surface area contributed by atoms with Crippen molar-refractivity contribution in [3.05, 3.63) is 35.9 Å². The molecule has 0 spiro atoms. The van der Waals surface area contributed by atoms with Gasteiger partial charge in [0.1, 0.15) is 6.04 Å². The third-order valence-electron chi connectivity index (χ3n) is 3.68. The summed E-state index contributed by atoms with van der Waals surface area (Å²) in [4.78, 5) is 26.8. The molecule has 0 bridgehead atoms. The maximum atomic E-state index is 12.9. The highest BCUT2D eigenvalue weighted by Crippen LogP contribution is 2.35. The van der Waals surface area contributed by atoms with Gasteiger partial charge in [-0.05, 0) is 30.6 Å². The average Bonchev–Trinajstić information content (AvgIpc) is 2.82. The second kappa shape index (κ2) is 6.73. The number of hydrogen-bond acceptors (Lipinski definition) is 4. The summed E-state index contributed by atoms with van der Waals surface area (Å²) in [7, 11) is 0. The van der Waals surface area contributed by atoms with Gasteiger partial charge >= 0.3 is 5.97 Å². The Balaban J connectivity index is 2.34. The van der Waals surface area contributed by atoms with E-state index in [1.54, 1.807) is 28.8 Å². The zero-order valence-electron chi connectivity index (χ0n) is 13.5. The second-order valence-corrected chi connectivity index (χ2v) is 7.52. The van der Waals surface area contributed by atoms with Gasteiger partial charge in [0.25, 0.3) is 5.91 Å². The zero-order valence-corrected chi connectivity index (χ0v) is 14.4. The summed E-state index contributed by atoms with van der Waals surface area (Å²) in [5.74, 6) is 0.380. The summed E-state index contributed by atoms with van der Waals surface area (Å²) in [6.07, 6.45) is 2.08. The number of ether oxygens (including phenoxy) is 1. The molecule has 1 fully saturated rings. The Morgan fingerprint density at radius 2 is 1.91 bits per heavy atom. The van der Waals surface area contributed by atoms with Gasteiger partial charge < -0.3 is 4.74 Å². The number of amides is 1. The van der Waals surface area contributed by atoms with Crippen LogP contribution in [0.15, 0.2) is 30.3 Å². The highest BCUT2D eigenvalue weighted by Gasteiger charge is 2.49. The van der Waals surface area contributed by atoms with Crippen molar-refractivity contribution >= 4 is 23.6 Å². The second-order valence-electron chi connectivity index (χ2n) is 6.53. The smallest absolute Gasteiger partial charge is 0.330 e. The van der Waals surface area contributed by atoms with Gasteiger partial charge in [-0.1, -0.05) is 39.0 Å². The number of cyclic esters (lactones) is 1. The van der Waals surface area contributed by atoms with E-state index in [4.69, 9.17) is 4.74 Å². The molecule has 0 aromatic heterocycles. The van der Waals surface area contributed by atoms with Crippen LogP contribution in [0, 0.1) is 5.41 Å². The van der Waals surface area contributed by atoms with Gasteiger partial charge in [0, 0.05) is 11.0 Å². The first-order valence-electron chi connectivity index (χ1n) is 7.43. The van der Waals surface area contributed by atoms with Gasteiger partial charge in [-0.3, -0.25) is 9.69 Å². The lowest BCUT2D eigenvalue weighted by Crippen LogP contribution is -2.48. The number of thioether (sulfide) groups is 1. The van der Waals surface area contributed by atoms with Crippen LogP contribution in [-0.4, -0.2) is 41.1 Å². The van der Waals surface area contributed by atoms with Gasteiger partial charge in [0.05, 0.1) is 0 Å². The Hall–Kier alpha value is -1.49. The molecular weight excluding hydrogens is 298 g/mol. The maximum absolute atomic E-state index is 12.9. The van der Waals surface area contributed by atoms with Crippen LogP contribution in [0.4, 0.5) is 0 Å². The van der Waals surface area contributed by atoms with Crippen molar-refractivity contribution in [1.29, 1.82) is 0 Å². The molecule has 0 N–H and O–H groups in total. The third kappa shape index (κ3) is 3.46. The highest BCUT2D eigenvalue weighted by atomic mass is 32.2. The molecule has 1 aromatic rings. The molecule has 4 nitrogen and oxygen atoms in total. The van der Waals surface area contributed by atoms with Crippen LogP contribution in [0.2, 0.25) is 0 Å². The van der Waals surface area contributed by atoms with Crippen molar-refractivity contribution in [3.63, 3.8) is 0 Å². The summed E-state index contributed by atoms with van der Waals surface area (Å²) < 4.78 is 5.55. The molecule has 22 heavy (non-hydrogen) atoms. The van der Waals surface area contributed by atoms with E-state index in [1.165, 1.54) is 0 Å². The van der Waals surface area contributed by atoms with E-state index in [-0.39, 0.29) is 17.3 Å². The predicted molar refractivity (Wildman–Crippen MR) is 88.7 cm³/mol. The van der Waals surface area contributed by atoms with Crippen LogP contribution < -0.4 is 0 Å². The average molecular weight is 321 g/mol. The maximum Gasteiger partial charge on any atom is 0.330 e. The van der Waals surface area contributed by atoms with Crippen LogP contribution in [0.3, 0.4) is 0 Å². The van der Waals surface area contributed by atoms with E-state index in [0.29, 0.717) is 12.0 Å². The van der Waals surface area contributed by atoms with Crippen LogP contribution in [0.1, 0.15) is 37.6 Å². The van der Waals surface area contributed by atoms with Crippen molar-refractivity contribution in [2.75, 3.05) is 12.0 Å². The zero-order chi connectivity index (χ0) is 16.3. The lowest BCUT2D eigenvalue weighted by Gasteiger charge is -2.34.